The molecule has 0 unspecified atom stereocenters. The minimum atomic E-state index is -4.93. The Balaban J connectivity index is 1.26. The van der Waals surface area contributed by atoms with Gasteiger partial charge in [-0.25, -0.2) is 18.2 Å². The summed E-state index contributed by atoms with van der Waals surface area (Å²) in [4.78, 5) is 61.2. The molecule has 3 N–H and O–H groups in total. The Bertz CT molecular complexity index is 2130. The Hall–Kier alpha value is -4.12. The van der Waals surface area contributed by atoms with E-state index in [1.54, 1.807) is 6.08 Å². The van der Waals surface area contributed by atoms with Crippen LogP contribution in [0.5, 0.6) is 5.75 Å². The number of fused-ring (bicyclic) bond motifs is 5. The number of aromatic nitrogens is 1. The lowest BCUT2D eigenvalue weighted by Crippen LogP contribution is -2.58. The van der Waals surface area contributed by atoms with Crippen LogP contribution in [0.1, 0.15) is 96.2 Å². The summed E-state index contributed by atoms with van der Waals surface area (Å²) in [6.45, 7) is 4.98. The lowest BCUT2D eigenvalue weighted by atomic mass is 9.87. The molecule has 57 heavy (non-hydrogen) atoms. The number of hydrogen-bond acceptors (Lipinski definition) is 9. The molecule has 1 aromatic heterocycles. The third-order valence-corrected chi connectivity index (χ3v) is 14.3. The van der Waals surface area contributed by atoms with Crippen LogP contribution in [0.4, 0.5) is 18.0 Å². The van der Waals surface area contributed by atoms with Gasteiger partial charge in [0.1, 0.15) is 23.2 Å². The number of nitrogens with zero attached hydrogens (tertiary/aromatic N) is 2. The fraction of sp³-hybridized carbons (Fsp3) is 0.615. The van der Waals surface area contributed by atoms with Gasteiger partial charge in [-0.1, -0.05) is 50.4 Å². The van der Waals surface area contributed by atoms with Gasteiger partial charge in [-0.15, -0.1) is 0 Å². The van der Waals surface area contributed by atoms with Crippen LogP contribution in [0.2, 0.25) is 5.02 Å². The maximum absolute atomic E-state index is 14.7. The highest BCUT2D eigenvalue weighted by Gasteiger charge is 2.64. The Labute approximate surface area is 333 Å². The lowest BCUT2D eigenvalue weighted by molar-refractivity contribution is -0.144. The van der Waals surface area contributed by atoms with E-state index in [0.717, 1.165) is 0 Å². The average molecular weight is 838 g/mol. The van der Waals surface area contributed by atoms with Crippen molar-refractivity contribution in [3.8, 4) is 5.75 Å². The second kappa shape index (κ2) is 14.9. The summed E-state index contributed by atoms with van der Waals surface area (Å²) >= 11 is 6.25. The highest BCUT2D eigenvalue weighted by molar-refractivity contribution is 7.91. The van der Waals surface area contributed by atoms with Gasteiger partial charge in [0, 0.05) is 28.3 Å². The topological polar surface area (TPSA) is 173 Å². The molecular weight excluding hydrogens is 791 g/mol. The summed E-state index contributed by atoms with van der Waals surface area (Å²) in [6, 6.07) is 1.81. The number of sulfonamides is 1. The summed E-state index contributed by atoms with van der Waals surface area (Å²) in [6.07, 6.45) is 1.30. The molecule has 3 aliphatic heterocycles. The summed E-state index contributed by atoms with van der Waals surface area (Å²) in [5.41, 5.74) is -4.13. The minimum Gasteiger partial charge on any atom is -0.483 e. The van der Waals surface area contributed by atoms with Crippen molar-refractivity contribution in [1.82, 2.24) is 25.2 Å². The van der Waals surface area contributed by atoms with Crippen LogP contribution in [-0.4, -0.2) is 83.2 Å². The summed E-state index contributed by atoms with van der Waals surface area (Å²) in [7, 11) is -4.09. The zero-order valence-electron chi connectivity index (χ0n) is 32.0. The predicted octanol–water partition coefficient (Wildman–Crippen LogP) is 5.72. The van der Waals surface area contributed by atoms with Crippen LogP contribution in [0.15, 0.2) is 30.4 Å². The number of pyridine rings is 1. The van der Waals surface area contributed by atoms with E-state index in [4.69, 9.17) is 21.1 Å². The molecule has 2 aliphatic carbocycles. The molecule has 13 nitrogen and oxygen atoms in total. The fourth-order valence-corrected chi connectivity index (χ4v) is 9.61. The maximum Gasteiger partial charge on any atom is 0.437 e. The highest BCUT2D eigenvalue weighted by atomic mass is 35.5. The third-order valence-electron chi connectivity index (χ3n) is 11.9. The van der Waals surface area contributed by atoms with E-state index in [1.807, 2.05) is 19.9 Å². The van der Waals surface area contributed by atoms with Gasteiger partial charge >= 0.3 is 12.3 Å². The molecule has 5 aliphatic rings. The number of ether oxygens (including phenoxy) is 2. The molecule has 1 aromatic carbocycles. The van der Waals surface area contributed by atoms with Crippen molar-refractivity contribution in [1.29, 1.82) is 0 Å². The number of allylic oxidation sites excluding steroid dienone is 1. The van der Waals surface area contributed by atoms with Crippen LogP contribution in [0.25, 0.3) is 10.9 Å². The van der Waals surface area contributed by atoms with Gasteiger partial charge in [-0.05, 0) is 82.4 Å². The second-order valence-electron chi connectivity index (χ2n) is 16.8. The van der Waals surface area contributed by atoms with Crippen molar-refractivity contribution in [3.63, 3.8) is 0 Å². The number of carbonyl (C=O) groups is 4. The van der Waals surface area contributed by atoms with E-state index in [1.165, 1.54) is 30.0 Å². The Morgan fingerprint density at radius 1 is 1.14 bits per heavy atom. The number of amides is 4. The predicted molar refractivity (Wildman–Crippen MR) is 203 cm³/mol. The normalized spacial score (nSPS) is 29.2. The number of halogens is 4. The Kier molecular flexibility index (Phi) is 10.7. The van der Waals surface area contributed by atoms with Crippen molar-refractivity contribution >= 4 is 56.3 Å². The van der Waals surface area contributed by atoms with Gasteiger partial charge < -0.3 is 25.0 Å². The first kappa shape index (κ1) is 41.1. The Morgan fingerprint density at radius 3 is 2.60 bits per heavy atom. The van der Waals surface area contributed by atoms with E-state index >= 15 is 0 Å². The molecule has 0 bridgehead atoms. The third kappa shape index (κ3) is 8.15. The molecule has 1 spiro atoms. The summed E-state index contributed by atoms with van der Waals surface area (Å²) in [5.74, 6) is -3.47. The second-order valence-corrected chi connectivity index (χ2v) is 19.4. The van der Waals surface area contributed by atoms with Crippen LogP contribution in [0, 0.1) is 11.8 Å². The first-order valence-electron chi connectivity index (χ1n) is 19.4. The first-order chi connectivity index (χ1) is 26.8. The molecule has 1 saturated heterocycles. The molecule has 18 heteroatoms. The van der Waals surface area contributed by atoms with Gasteiger partial charge in [0.05, 0.1) is 23.4 Å². The van der Waals surface area contributed by atoms with Gasteiger partial charge in [-0.3, -0.25) is 19.1 Å². The van der Waals surface area contributed by atoms with Crippen LogP contribution in [0.3, 0.4) is 0 Å². The van der Waals surface area contributed by atoms with Gasteiger partial charge in [-0.2, -0.15) is 13.2 Å². The number of benzene rings is 1. The maximum atomic E-state index is 14.7. The molecule has 4 heterocycles. The number of alkyl halides is 3. The summed E-state index contributed by atoms with van der Waals surface area (Å²) in [5, 5.41) is 6.10. The molecule has 0 radical (unpaired) electrons. The minimum absolute atomic E-state index is 0.00685. The van der Waals surface area contributed by atoms with Gasteiger partial charge in [0.15, 0.2) is 11.4 Å². The van der Waals surface area contributed by atoms with Gasteiger partial charge in [0.25, 0.3) is 5.91 Å². The molecular formula is C39H47ClF3N5O8S. The van der Waals surface area contributed by atoms with E-state index < -0.39 is 85.3 Å². The number of nitrogens with one attached hydrogen (secondary N) is 3. The fourth-order valence-electron chi connectivity index (χ4n) is 8.12. The molecule has 310 valence electrons. The SMILES string of the molecule is CC(C)COC(=O)N[C@H]1CCCCC/C=C\[C@@H]2C[C@@]2(C(=O)NS(=O)(=O)C2(C)CC2)NC(=O)[C@@H]2C[C@]3(CCc4c(c(C(F)(F)F)nc5ccc(Cl)cc45)O3)CN2C1=O. The van der Waals surface area contributed by atoms with Crippen LogP contribution >= 0.6 is 11.6 Å². The smallest absolute Gasteiger partial charge is 0.437 e. The summed E-state index contributed by atoms with van der Waals surface area (Å²) < 4.78 is 83.1. The quantitative estimate of drug-likeness (QED) is 0.308. The van der Waals surface area contributed by atoms with Gasteiger partial charge in [0.2, 0.25) is 21.8 Å². The molecule has 4 amide bonds. The number of hydrogen-bond donors (Lipinski definition) is 3. The average Bonchev–Trinajstić information content (AvgIpc) is 4.03. The number of alkyl carbamates (subject to hydrolysis) is 1. The largest absolute Gasteiger partial charge is 0.483 e. The van der Waals surface area contributed by atoms with Crippen molar-refractivity contribution in [2.75, 3.05) is 13.2 Å². The Morgan fingerprint density at radius 2 is 1.89 bits per heavy atom. The molecule has 2 saturated carbocycles. The molecule has 7 rings (SSSR count). The monoisotopic (exact) mass is 837 g/mol. The molecule has 5 atom stereocenters. The van der Waals surface area contributed by atoms with Crippen LogP contribution < -0.4 is 20.1 Å². The van der Waals surface area contributed by atoms with E-state index in [0.29, 0.717) is 43.9 Å². The number of rotatable bonds is 6. The van der Waals surface area contributed by atoms with Crippen molar-refractivity contribution in [2.24, 2.45) is 11.8 Å². The zero-order valence-corrected chi connectivity index (χ0v) is 33.5. The molecule has 2 aromatic rings. The molecule has 3 fully saturated rings. The first-order valence-corrected chi connectivity index (χ1v) is 21.3. The zero-order chi connectivity index (χ0) is 41.1. The van der Waals surface area contributed by atoms with Crippen molar-refractivity contribution in [3.05, 3.63) is 46.6 Å². The van der Waals surface area contributed by atoms with E-state index in [2.05, 4.69) is 20.3 Å². The number of aryl methyl sites for hydroxylation is 1. The lowest BCUT2D eigenvalue weighted by Gasteiger charge is -2.37. The van der Waals surface area contributed by atoms with Crippen molar-refractivity contribution in [2.45, 2.75) is 126 Å². The highest BCUT2D eigenvalue weighted by Crippen LogP contribution is 2.50. The number of carbonyl (C=O) groups excluding carboxylic acids is 4. The van der Waals surface area contributed by atoms with Crippen LogP contribution in [-0.2, 0) is 41.7 Å². The standard InChI is InChI=1S/C39H47ClF3N5O8S/c1-22(2)20-55-35(52)45-28-10-8-6-4-5-7-9-23-18-38(23,34(51)47-57(53,54)36(3)15-16-36)46-32(49)29-19-37(21-48(29)33(28)50)14-13-25-26-17-24(40)11-12-27(26)44-31(30(25)56-37)39(41,42)43/h7,9,11-12,17,22-23,28-29H,4-6,8,10,13-16,18-21H2,1-3H3,(H,45,52)(H,46,49)(H,47,51)/b9-7-/t23-,28+,29+,37-,38-/m1/s1. The van der Waals surface area contributed by atoms with E-state index in [-0.39, 0.29) is 67.3 Å². The van der Waals surface area contributed by atoms with Crippen molar-refractivity contribution < 1.29 is 50.2 Å². The van der Waals surface area contributed by atoms with E-state index in [9.17, 15) is 40.8 Å².